The lowest BCUT2D eigenvalue weighted by Crippen LogP contribution is -2.54. The van der Waals surface area contributed by atoms with E-state index in [0.29, 0.717) is 0 Å². The summed E-state index contributed by atoms with van der Waals surface area (Å²) < 4.78 is 1.23. The summed E-state index contributed by atoms with van der Waals surface area (Å²) in [7, 11) is 0. The van der Waals surface area contributed by atoms with E-state index in [0.717, 1.165) is 19.5 Å². The van der Waals surface area contributed by atoms with Gasteiger partial charge < -0.3 is 5.32 Å². The highest BCUT2D eigenvalue weighted by molar-refractivity contribution is 9.11. The van der Waals surface area contributed by atoms with Crippen molar-refractivity contribution in [2.24, 2.45) is 0 Å². The zero-order valence-corrected chi connectivity index (χ0v) is 12.3. The summed E-state index contributed by atoms with van der Waals surface area (Å²) >= 11 is 5.38. The Balaban J connectivity index is 2.00. The van der Waals surface area contributed by atoms with Gasteiger partial charge in [-0.1, -0.05) is 0 Å². The monoisotopic (exact) mass is 302 g/mol. The second-order valence-electron chi connectivity index (χ2n) is 4.93. The van der Waals surface area contributed by atoms with Crippen LogP contribution in [0, 0.1) is 0 Å². The Morgan fingerprint density at radius 2 is 2.06 bits per heavy atom. The molecule has 0 spiro atoms. The number of halogens is 1. The Morgan fingerprint density at radius 1 is 1.38 bits per heavy atom. The molecule has 1 saturated heterocycles. The molecule has 2 heterocycles. The summed E-state index contributed by atoms with van der Waals surface area (Å²) in [5, 5.41) is 3.41. The first-order chi connectivity index (χ1) is 7.58. The van der Waals surface area contributed by atoms with Gasteiger partial charge in [0.15, 0.2) is 0 Å². The number of hydrogen-bond donors (Lipinski definition) is 1. The molecule has 16 heavy (non-hydrogen) atoms. The summed E-state index contributed by atoms with van der Waals surface area (Å²) in [6, 6.07) is 4.38. The second kappa shape index (κ2) is 5.17. The third-order valence-corrected chi connectivity index (χ3v) is 4.83. The Bertz CT molecular complexity index is 343. The fourth-order valence-electron chi connectivity index (χ4n) is 2.26. The maximum Gasteiger partial charge on any atom is 0.0701 e. The molecule has 1 aromatic heterocycles. The molecular weight excluding hydrogens is 284 g/mol. The normalized spacial score (nSPS) is 18.9. The van der Waals surface area contributed by atoms with Crippen LogP contribution in [0.5, 0.6) is 0 Å². The van der Waals surface area contributed by atoms with E-state index in [9.17, 15) is 0 Å². The zero-order valence-electron chi connectivity index (χ0n) is 9.92. The molecular formula is C12H19BrN2S. The molecule has 1 aliphatic rings. The van der Waals surface area contributed by atoms with Crippen molar-refractivity contribution in [1.29, 1.82) is 0 Å². The van der Waals surface area contributed by atoms with Crippen molar-refractivity contribution < 1.29 is 0 Å². The molecule has 0 amide bonds. The van der Waals surface area contributed by atoms with E-state index in [4.69, 9.17) is 0 Å². The zero-order chi connectivity index (χ0) is 11.6. The lowest BCUT2D eigenvalue weighted by atomic mass is 9.96. The maximum atomic E-state index is 3.53. The number of nitrogens with zero attached hydrogens (tertiary/aromatic N) is 1. The third-order valence-electron chi connectivity index (χ3n) is 3.21. The van der Waals surface area contributed by atoms with Crippen LogP contribution in [0.15, 0.2) is 15.9 Å². The van der Waals surface area contributed by atoms with Crippen molar-refractivity contribution in [3.8, 4) is 0 Å². The van der Waals surface area contributed by atoms with Crippen LogP contribution in [0.2, 0.25) is 0 Å². The SMILES string of the molecule is CC(C)(Cc1ccc(Br)s1)N1CCNCC1. The van der Waals surface area contributed by atoms with Gasteiger partial charge in [0, 0.05) is 36.6 Å². The molecule has 0 radical (unpaired) electrons. The van der Waals surface area contributed by atoms with Crippen molar-refractivity contribution in [2.45, 2.75) is 25.8 Å². The maximum absolute atomic E-state index is 3.53. The van der Waals surface area contributed by atoms with Crippen LogP contribution in [-0.4, -0.2) is 36.6 Å². The van der Waals surface area contributed by atoms with Gasteiger partial charge in [-0.25, -0.2) is 0 Å². The van der Waals surface area contributed by atoms with E-state index < -0.39 is 0 Å². The van der Waals surface area contributed by atoms with Crippen LogP contribution in [0.1, 0.15) is 18.7 Å². The molecule has 2 rings (SSSR count). The summed E-state index contributed by atoms with van der Waals surface area (Å²) in [5.41, 5.74) is 0.270. The number of hydrogen-bond acceptors (Lipinski definition) is 3. The van der Waals surface area contributed by atoms with Crippen molar-refractivity contribution in [2.75, 3.05) is 26.2 Å². The van der Waals surface area contributed by atoms with E-state index in [1.807, 2.05) is 11.3 Å². The standard InChI is InChI=1S/C12H19BrN2S/c1-12(2,15-7-5-14-6-8-15)9-10-3-4-11(13)16-10/h3-4,14H,5-9H2,1-2H3. The van der Waals surface area contributed by atoms with E-state index >= 15 is 0 Å². The van der Waals surface area contributed by atoms with Crippen molar-refractivity contribution in [3.63, 3.8) is 0 Å². The summed E-state index contributed by atoms with van der Waals surface area (Å²) in [4.78, 5) is 4.06. The van der Waals surface area contributed by atoms with Crippen LogP contribution >= 0.6 is 27.3 Å². The van der Waals surface area contributed by atoms with E-state index in [2.05, 4.69) is 52.1 Å². The van der Waals surface area contributed by atoms with Crippen LogP contribution in [0.4, 0.5) is 0 Å². The molecule has 1 N–H and O–H groups in total. The van der Waals surface area contributed by atoms with Gasteiger partial charge in [-0.2, -0.15) is 0 Å². The van der Waals surface area contributed by atoms with Crippen molar-refractivity contribution in [3.05, 3.63) is 20.8 Å². The number of thiophene rings is 1. The summed E-state index contributed by atoms with van der Waals surface area (Å²) in [6.45, 7) is 9.28. The Hall–Kier alpha value is 0.1000. The van der Waals surface area contributed by atoms with Gasteiger partial charge >= 0.3 is 0 Å². The van der Waals surface area contributed by atoms with Crippen molar-refractivity contribution in [1.82, 2.24) is 10.2 Å². The Labute approximate surface area is 110 Å². The van der Waals surface area contributed by atoms with Gasteiger partial charge in [0.1, 0.15) is 0 Å². The Morgan fingerprint density at radius 3 is 2.62 bits per heavy atom. The third kappa shape index (κ3) is 3.06. The smallest absolute Gasteiger partial charge is 0.0701 e. The molecule has 90 valence electrons. The van der Waals surface area contributed by atoms with Crippen LogP contribution in [0.3, 0.4) is 0 Å². The fraction of sp³-hybridized carbons (Fsp3) is 0.667. The number of nitrogens with one attached hydrogen (secondary N) is 1. The topological polar surface area (TPSA) is 15.3 Å². The van der Waals surface area contributed by atoms with Crippen molar-refractivity contribution >= 4 is 27.3 Å². The molecule has 4 heteroatoms. The average Bonchev–Trinajstić information content (AvgIpc) is 2.64. The van der Waals surface area contributed by atoms with E-state index in [1.165, 1.54) is 21.8 Å². The summed E-state index contributed by atoms with van der Waals surface area (Å²) in [5.74, 6) is 0. The average molecular weight is 303 g/mol. The van der Waals surface area contributed by atoms with Crippen LogP contribution in [0.25, 0.3) is 0 Å². The summed E-state index contributed by atoms with van der Waals surface area (Å²) in [6.07, 6.45) is 1.14. The minimum Gasteiger partial charge on any atom is -0.314 e. The van der Waals surface area contributed by atoms with Gasteiger partial charge in [-0.3, -0.25) is 4.90 Å². The molecule has 2 nitrogen and oxygen atoms in total. The molecule has 0 bridgehead atoms. The molecule has 1 aromatic rings. The van der Waals surface area contributed by atoms with E-state index in [-0.39, 0.29) is 5.54 Å². The van der Waals surface area contributed by atoms with Crippen LogP contribution < -0.4 is 5.32 Å². The highest BCUT2D eigenvalue weighted by Gasteiger charge is 2.28. The molecule has 1 aliphatic heterocycles. The van der Waals surface area contributed by atoms with E-state index in [1.54, 1.807) is 0 Å². The first-order valence-corrected chi connectivity index (χ1v) is 7.39. The molecule has 0 unspecified atom stereocenters. The fourth-order valence-corrected chi connectivity index (χ4v) is 3.96. The Kier molecular flexibility index (Phi) is 4.06. The highest BCUT2D eigenvalue weighted by Crippen LogP contribution is 2.28. The molecule has 0 aliphatic carbocycles. The van der Waals surface area contributed by atoms with Crippen LogP contribution in [-0.2, 0) is 6.42 Å². The van der Waals surface area contributed by atoms with Gasteiger partial charge in [0.25, 0.3) is 0 Å². The minimum atomic E-state index is 0.270. The second-order valence-corrected chi connectivity index (χ2v) is 7.48. The number of rotatable bonds is 3. The van der Waals surface area contributed by atoms with Gasteiger partial charge in [0.2, 0.25) is 0 Å². The minimum absolute atomic E-state index is 0.270. The first-order valence-electron chi connectivity index (χ1n) is 5.78. The molecule has 0 aromatic carbocycles. The lowest BCUT2D eigenvalue weighted by molar-refractivity contribution is 0.104. The largest absolute Gasteiger partial charge is 0.314 e. The number of piperazine rings is 1. The van der Waals surface area contributed by atoms with Gasteiger partial charge in [0.05, 0.1) is 3.79 Å². The van der Waals surface area contributed by atoms with Gasteiger partial charge in [-0.15, -0.1) is 11.3 Å². The molecule has 0 atom stereocenters. The molecule has 1 fully saturated rings. The predicted octanol–water partition coefficient (Wildman–Crippen LogP) is 2.74. The highest BCUT2D eigenvalue weighted by atomic mass is 79.9. The quantitative estimate of drug-likeness (QED) is 0.923. The molecule has 0 saturated carbocycles. The first kappa shape index (κ1) is 12.6. The van der Waals surface area contributed by atoms with Gasteiger partial charge in [-0.05, 0) is 48.3 Å². The lowest BCUT2D eigenvalue weighted by Gasteiger charge is -2.41. The predicted molar refractivity (Wildman–Crippen MR) is 74.2 cm³/mol.